The first-order valence-corrected chi connectivity index (χ1v) is 8.07. The molecule has 5 nitrogen and oxygen atoms in total. The van der Waals surface area contributed by atoms with Crippen LogP contribution < -0.4 is 11.3 Å². The molecule has 1 unspecified atom stereocenters. The molecule has 1 amide bonds. The third-order valence-electron chi connectivity index (χ3n) is 4.10. The van der Waals surface area contributed by atoms with E-state index in [9.17, 15) is 4.79 Å². The number of carbonyl (C=O) groups is 1. The highest BCUT2D eigenvalue weighted by molar-refractivity contribution is 7.12. The highest BCUT2D eigenvalue weighted by atomic mass is 32.1. The minimum atomic E-state index is -0.187. The summed E-state index contributed by atoms with van der Waals surface area (Å²) in [6.07, 6.45) is 1.20. The van der Waals surface area contributed by atoms with Crippen molar-refractivity contribution < 1.29 is 4.79 Å². The van der Waals surface area contributed by atoms with Gasteiger partial charge in [-0.05, 0) is 30.4 Å². The minimum Gasteiger partial charge on any atom is -0.298 e. The number of nitrogens with zero attached hydrogens (tertiary/aromatic N) is 2. The van der Waals surface area contributed by atoms with Gasteiger partial charge in [0, 0.05) is 38.8 Å². The molecule has 1 aliphatic rings. The lowest BCUT2D eigenvalue weighted by Gasteiger charge is -2.37. The first kappa shape index (κ1) is 15.4. The van der Waals surface area contributed by atoms with Crippen LogP contribution in [0.1, 0.15) is 35.5 Å². The molecule has 2 heterocycles. The normalized spacial score (nSPS) is 18.9. The maximum atomic E-state index is 11.7. The van der Waals surface area contributed by atoms with Crippen LogP contribution in [0.3, 0.4) is 0 Å². The maximum Gasteiger partial charge on any atom is 0.275 e. The molecule has 0 bridgehead atoms. The van der Waals surface area contributed by atoms with Crippen molar-refractivity contribution in [3.8, 4) is 0 Å². The Labute approximate surface area is 124 Å². The number of hydrogen-bond acceptors (Lipinski definition) is 5. The molecule has 20 heavy (non-hydrogen) atoms. The number of thiophene rings is 1. The number of rotatable bonds is 5. The van der Waals surface area contributed by atoms with E-state index in [1.165, 1.54) is 17.8 Å². The van der Waals surface area contributed by atoms with Crippen LogP contribution in [0.25, 0.3) is 0 Å². The van der Waals surface area contributed by atoms with Crippen LogP contribution in [0, 0.1) is 0 Å². The van der Waals surface area contributed by atoms with Gasteiger partial charge in [0.05, 0.1) is 4.88 Å². The molecule has 1 aromatic heterocycles. The average molecular weight is 296 g/mol. The summed E-state index contributed by atoms with van der Waals surface area (Å²) in [6, 6.07) is 2.69. The molecule has 112 valence electrons. The van der Waals surface area contributed by atoms with Gasteiger partial charge in [-0.2, -0.15) is 0 Å². The zero-order valence-electron chi connectivity index (χ0n) is 12.3. The van der Waals surface area contributed by atoms with Crippen LogP contribution in [0.15, 0.2) is 11.4 Å². The van der Waals surface area contributed by atoms with Crippen LogP contribution in [0.4, 0.5) is 0 Å². The van der Waals surface area contributed by atoms with Crippen molar-refractivity contribution in [3.63, 3.8) is 0 Å². The van der Waals surface area contributed by atoms with Gasteiger partial charge < -0.3 is 0 Å². The van der Waals surface area contributed by atoms with E-state index in [1.807, 2.05) is 11.4 Å². The molecular formula is C14H24N4OS. The predicted octanol–water partition coefficient (Wildman–Crippen LogP) is 1.27. The van der Waals surface area contributed by atoms with Crippen molar-refractivity contribution in [3.05, 3.63) is 21.9 Å². The quantitative estimate of drug-likeness (QED) is 0.488. The summed E-state index contributed by atoms with van der Waals surface area (Å²) < 4.78 is 0. The van der Waals surface area contributed by atoms with Crippen molar-refractivity contribution >= 4 is 17.2 Å². The summed E-state index contributed by atoms with van der Waals surface area (Å²) >= 11 is 1.45. The predicted molar refractivity (Wildman–Crippen MR) is 82.6 cm³/mol. The second kappa shape index (κ2) is 7.17. The first-order chi connectivity index (χ1) is 9.65. The second-order valence-electron chi connectivity index (χ2n) is 5.32. The summed E-state index contributed by atoms with van der Waals surface area (Å²) in [4.78, 5) is 17.3. The van der Waals surface area contributed by atoms with E-state index in [-0.39, 0.29) is 5.91 Å². The molecule has 0 aromatic carbocycles. The summed E-state index contributed by atoms with van der Waals surface area (Å²) in [5.74, 6) is 5.03. The van der Waals surface area contributed by atoms with Gasteiger partial charge in [0.2, 0.25) is 0 Å². The molecule has 1 aliphatic heterocycles. The molecule has 0 spiro atoms. The van der Waals surface area contributed by atoms with Gasteiger partial charge in [-0.15, -0.1) is 11.3 Å². The van der Waals surface area contributed by atoms with Crippen LogP contribution in [-0.4, -0.2) is 47.9 Å². The Morgan fingerprint density at radius 1 is 1.45 bits per heavy atom. The van der Waals surface area contributed by atoms with Gasteiger partial charge in [-0.1, -0.05) is 6.92 Å². The Hall–Kier alpha value is -0.950. The van der Waals surface area contributed by atoms with Gasteiger partial charge in [-0.25, -0.2) is 5.84 Å². The molecular weight excluding hydrogens is 272 g/mol. The van der Waals surface area contributed by atoms with E-state index in [1.54, 1.807) is 0 Å². The lowest BCUT2D eigenvalue weighted by molar-refractivity contribution is 0.0930. The average Bonchev–Trinajstić information content (AvgIpc) is 2.94. The molecule has 6 heteroatoms. The third-order valence-corrected chi connectivity index (χ3v) is 5.05. The Bertz CT molecular complexity index is 440. The van der Waals surface area contributed by atoms with E-state index >= 15 is 0 Å². The van der Waals surface area contributed by atoms with Crippen molar-refractivity contribution in [2.24, 2.45) is 5.84 Å². The fourth-order valence-corrected chi connectivity index (χ4v) is 3.40. The number of hydrazine groups is 1. The fraction of sp³-hybridized carbons (Fsp3) is 0.643. The number of piperazine rings is 1. The van der Waals surface area contributed by atoms with Gasteiger partial charge in [0.15, 0.2) is 0 Å². The molecule has 1 saturated heterocycles. The second-order valence-corrected chi connectivity index (χ2v) is 6.23. The molecule has 3 N–H and O–H groups in total. The number of nitrogens with one attached hydrogen (secondary N) is 1. The third kappa shape index (κ3) is 3.58. The van der Waals surface area contributed by atoms with E-state index in [0.717, 1.165) is 43.2 Å². The summed E-state index contributed by atoms with van der Waals surface area (Å²) in [7, 11) is 0. The smallest absolute Gasteiger partial charge is 0.275 e. The topological polar surface area (TPSA) is 61.6 Å². The molecule has 1 atom stereocenters. The summed E-state index contributed by atoms with van der Waals surface area (Å²) in [5.41, 5.74) is 3.30. The van der Waals surface area contributed by atoms with E-state index in [2.05, 4.69) is 29.1 Å². The molecule has 0 aliphatic carbocycles. The fourth-order valence-electron chi connectivity index (χ4n) is 2.59. The highest BCUT2D eigenvalue weighted by Crippen LogP contribution is 2.19. The van der Waals surface area contributed by atoms with Crippen LogP contribution in [-0.2, 0) is 6.54 Å². The van der Waals surface area contributed by atoms with E-state index < -0.39 is 0 Å². The van der Waals surface area contributed by atoms with E-state index in [4.69, 9.17) is 5.84 Å². The summed E-state index contributed by atoms with van der Waals surface area (Å²) in [6.45, 7) is 9.70. The van der Waals surface area contributed by atoms with Crippen LogP contribution in [0.2, 0.25) is 0 Å². The Morgan fingerprint density at radius 2 is 2.15 bits per heavy atom. The van der Waals surface area contributed by atoms with Crippen LogP contribution >= 0.6 is 11.3 Å². The largest absolute Gasteiger partial charge is 0.298 e. The number of nitrogens with two attached hydrogens (primary N) is 1. The minimum absolute atomic E-state index is 0.187. The van der Waals surface area contributed by atoms with Gasteiger partial charge in [0.1, 0.15) is 0 Å². The van der Waals surface area contributed by atoms with Gasteiger partial charge >= 0.3 is 0 Å². The number of nitrogen functional groups attached to an aromatic ring is 1. The van der Waals surface area contributed by atoms with Crippen molar-refractivity contribution in [2.45, 2.75) is 32.9 Å². The van der Waals surface area contributed by atoms with Gasteiger partial charge in [0.25, 0.3) is 5.91 Å². The lowest BCUT2D eigenvalue weighted by atomic mass is 10.1. The number of carbonyl (C=O) groups excluding carboxylic acids is 1. The molecule has 1 fully saturated rings. The van der Waals surface area contributed by atoms with Crippen molar-refractivity contribution in [1.29, 1.82) is 0 Å². The molecule has 0 saturated carbocycles. The van der Waals surface area contributed by atoms with Crippen LogP contribution in [0.5, 0.6) is 0 Å². The van der Waals surface area contributed by atoms with E-state index in [0.29, 0.717) is 6.04 Å². The highest BCUT2D eigenvalue weighted by Gasteiger charge is 2.21. The van der Waals surface area contributed by atoms with Crippen molar-refractivity contribution in [2.75, 3.05) is 26.2 Å². The van der Waals surface area contributed by atoms with Gasteiger partial charge in [-0.3, -0.25) is 20.0 Å². The Morgan fingerprint density at radius 3 is 2.75 bits per heavy atom. The summed E-state index contributed by atoms with van der Waals surface area (Å²) in [5, 5.41) is 1.95. The maximum absolute atomic E-state index is 11.7. The zero-order valence-corrected chi connectivity index (χ0v) is 13.1. The number of hydrogen-bond donors (Lipinski definition) is 2. The molecule has 2 rings (SSSR count). The lowest BCUT2D eigenvalue weighted by Crippen LogP contribution is -2.49. The first-order valence-electron chi connectivity index (χ1n) is 7.19. The van der Waals surface area contributed by atoms with Crippen molar-refractivity contribution in [1.82, 2.24) is 15.2 Å². The molecule has 1 aromatic rings. The number of amides is 1. The molecule has 0 radical (unpaired) electrons. The standard InChI is InChI=1S/C14H24N4OS/c1-3-11(2)18-7-5-17(6-8-18)10-12-4-9-20-13(12)14(19)16-15/h4,9,11H,3,5-8,10,15H2,1-2H3,(H,16,19). The Balaban J connectivity index is 1.90. The SMILES string of the molecule is CCC(C)N1CCN(Cc2ccsc2C(=O)NN)CC1. The monoisotopic (exact) mass is 296 g/mol. The Kier molecular flexibility index (Phi) is 5.54. The zero-order chi connectivity index (χ0) is 14.5.